The van der Waals surface area contributed by atoms with Crippen LogP contribution in [0.4, 0.5) is 5.69 Å². The minimum Gasteiger partial charge on any atom is -0.350 e. The third kappa shape index (κ3) is 4.32. The molecular weight excluding hydrogens is 312 g/mol. The van der Waals surface area contributed by atoms with Crippen LogP contribution in [0.25, 0.3) is 0 Å². The van der Waals surface area contributed by atoms with Crippen molar-refractivity contribution in [1.29, 1.82) is 0 Å². The molecule has 2 aromatic carbocycles. The van der Waals surface area contributed by atoms with Gasteiger partial charge in [0.25, 0.3) is 15.9 Å². The smallest absolute Gasteiger partial charge is 0.261 e. The Balaban J connectivity index is 2.21. The van der Waals surface area contributed by atoms with Crippen LogP contribution in [0.15, 0.2) is 53.4 Å². The summed E-state index contributed by atoms with van der Waals surface area (Å²) in [5, 5.41) is 2.76. The standard InChI is InChI=1S/C17H20N2O3S/c1-12(2)18-17(20)14-8-10-15(11-9-14)23(21,22)19-16-7-5-4-6-13(16)3/h4-12,19H,1-3H3,(H,18,20). The molecule has 122 valence electrons. The second-order valence-corrected chi connectivity index (χ2v) is 7.26. The van der Waals surface area contributed by atoms with Crippen LogP contribution in [0.1, 0.15) is 29.8 Å². The zero-order valence-corrected chi connectivity index (χ0v) is 14.1. The topological polar surface area (TPSA) is 75.3 Å². The van der Waals surface area contributed by atoms with Gasteiger partial charge in [0, 0.05) is 11.6 Å². The number of carbonyl (C=O) groups excluding carboxylic acids is 1. The van der Waals surface area contributed by atoms with Crippen molar-refractivity contribution in [1.82, 2.24) is 5.32 Å². The molecule has 6 heteroatoms. The average Bonchev–Trinajstić information content (AvgIpc) is 2.49. The minimum atomic E-state index is -3.68. The lowest BCUT2D eigenvalue weighted by atomic mass is 10.2. The lowest BCUT2D eigenvalue weighted by Gasteiger charge is -2.11. The van der Waals surface area contributed by atoms with Gasteiger partial charge in [-0.3, -0.25) is 9.52 Å². The number of hydrogen-bond donors (Lipinski definition) is 2. The summed E-state index contributed by atoms with van der Waals surface area (Å²) in [6, 6.07) is 13.0. The number of anilines is 1. The largest absolute Gasteiger partial charge is 0.350 e. The monoisotopic (exact) mass is 332 g/mol. The Morgan fingerprint density at radius 2 is 1.61 bits per heavy atom. The summed E-state index contributed by atoms with van der Waals surface area (Å²) in [7, 11) is -3.68. The number of carbonyl (C=O) groups is 1. The molecule has 0 aromatic heterocycles. The van der Waals surface area contributed by atoms with Gasteiger partial charge < -0.3 is 5.32 Å². The molecule has 0 unspecified atom stereocenters. The number of amides is 1. The van der Waals surface area contributed by atoms with E-state index in [1.165, 1.54) is 24.3 Å². The molecule has 0 radical (unpaired) electrons. The van der Waals surface area contributed by atoms with E-state index < -0.39 is 10.0 Å². The van der Waals surface area contributed by atoms with Gasteiger partial charge in [-0.2, -0.15) is 0 Å². The van der Waals surface area contributed by atoms with Gasteiger partial charge in [0.15, 0.2) is 0 Å². The number of para-hydroxylation sites is 1. The van der Waals surface area contributed by atoms with E-state index in [1.54, 1.807) is 12.1 Å². The van der Waals surface area contributed by atoms with Crippen molar-refractivity contribution in [2.75, 3.05) is 4.72 Å². The van der Waals surface area contributed by atoms with Gasteiger partial charge in [0.05, 0.1) is 10.6 Å². The summed E-state index contributed by atoms with van der Waals surface area (Å²) < 4.78 is 27.4. The van der Waals surface area contributed by atoms with Crippen molar-refractivity contribution >= 4 is 21.6 Å². The third-order valence-corrected chi connectivity index (χ3v) is 4.62. The first-order chi connectivity index (χ1) is 10.8. The Bertz CT molecular complexity index is 797. The number of benzene rings is 2. The fourth-order valence-corrected chi connectivity index (χ4v) is 3.15. The first kappa shape index (κ1) is 17.0. The summed E-state index contributed by atoms with van der Waals surface area (Å²) in [5.41, 5.74) is 1.80. The molecule has 2 N–H and O–H groups in total. The van der Waals surface area contributed by atoms with Crippen molar-refractivity contribution in [2.24, 2.45) is 0 Å². The summed E-state index contributed by atoms with van der Waals surface area (Å²) in [6.07, 6.45) is 0. The van der Waals surface area contributed by atoms with Crippen molar-refractivity contribution in [2.45, 2.75) is 31.7 Å². The molecule has 0 aliphatic rings. The van der Waals surface area contributed by atoms with Crippen LogP contribution in [0, 0.1) is 6.92 Å². The normalized spacial score (nSPS) is 11.3. The van der Waals surface area contributed by atoms with Crippen molar-refractivity contribution in [3.63, 3.8) is 0 Å². The highest BCUT2D eigenvalue weighted by Gasteiger charge is 2.16. The Morgan fingerprint density at radius 3 is 2.17 bits per heavy atom. The highest BCUT2D eigenvalue weighted by molar-refractivity contribution is 7.92. The maximum absolute atomic E-state index is 12.4. The zero-order chi connectivity index (χ0) is 17.0. The van der Waals surface area contributed by atoms with Crippen molar-refractivity contribution in [3.8, 4) is 0 Å². The van der Waals surface area contributed by atoms with Gasteiger partial charge in [-0.1, -0.05) is 18.2 Å². The lowest BCUT2D eigenvalue weighted by molar-refractivity contribution is 0.0943. The van der Waals surface area contributed by atoms with Crippen LogP contribution in [-0.4, -0.2) is 20.4 Å². The number of hydrogen-bond acceptors (Lipinski definition) is 3. The van der Waals surface area contributed by atoms with E-state index in [4.69, 9.17) is 0 Å². The second kappa shape index (κ2) is 6.83. The molecule has 0 atom stereocenters. The predicted octanol–water partition coefficient (Wildman–Crippen LogP) is 2.93. The third-order valence-electron chi connectivity index (χ3n) is 3.24. The molecule has 0 heterocycles. The molecule has 2 rings (SSSR count). The van der Waals surface area contributed by atoms with Gasteiger partial charge in [-0.25, -0.2) is 8.42 Å². The predicted molar refractivity (Wildman–Crippen MR) is 91.0 cm³/mol. The minimum absolute atomic E-state index is 0.0219. The maximum Gasteiger partial charge on any atom is 0.261 e. The summed E-state index contributed by atoms with van der Waals surface area (Å²) in [5.74, 6) is -0.226. The SMILES string of the molecule is Cc1ccccc1NS(=O)(=O)c1ccc(C(=O)NC(C)C)cc1. The average molecular weight is 332 g/mol. The second-order valence-electron chi connectivity index (χ2n) is 5.57. The fraction of sp³-hybridized carbons (Fsp3) is 0.235. The summed E-state index contributed by atoms with van der Waals surface area (Å²) in [4.78, 5) is 12.0. The van der Waals surface area contributed by atoms with E-state index in [1.807, 2.05) is 32.9 Å². The molecule has 0 saturated heterocycles. The number of sulfonamides is 1. The first-order valence-corrected chi connectivity index (χ1v) is 8.77. The van der Waals surface area contributed by atoms with E-state index in [0.717, 1.165) is 5.56 Å². The fourth-order valence-electron chi connectivity index (χ4n) is 2.02. The Hall–Kier alpha value is -2.34. The van der Waals surface area contributed by atoms with E-state index in [-0.39, 0.29) is 16.8 Å². The summed E-state index contributed by atoms with van der Waals surface area (Å²) >= 11 is 0. The highest BCUT2D eigenvalue weighted by Crippen LogP contribution is 2.19. The van der Waals surface area contributed by atoms with E-state index in [9.17, 15) is 13.2 Å². The van der Waals surface area contributed by atoms with Gasteiger partial charge in [-0.05, 0) is 56.7 Å². The number of aryl methyl sites for hydroxylation is 1. The molecule has 23 heavy (non-hydrogen) atoms. The van der Waals surface area contributed by atoms with Crippen molar-refractivity contribution < 1.29 is 13.2 Å². The first-order valence-electron chi connectivity index (χ1n) is 7.29. The molecule has 5 nitrogen and oxygen atoms in total. The summed E-state index contributed by atoms with van der Waals surface area (Å²) in [6.45, 7) is 5.56. The van der Waals surface area contributed by atoms with Crippen LogP contribution in [-0.2, 0) is 10.0 Å². The van der Waals surface area contributed by atoms with Crippen LogP contribution >= 0.6 is 0 Å². The van der Waals surface area contributed by atoms with E-state index >= 15 is 0 Å². The quantitative estimate of drug-likeness (QED) is 0.884. The van der Waals surface area contributed by atoms with Gasteiger partial charge in [0.1, 0.15) is 0 Å². The lowest BCUT2D eigenvalue weighted by Crippen LogP contribution is -2.30. The van der Waals surface area contributed by atoms with Crippen LogP contribution in [0.2, 0.25) is 0 Å². The Morgan fingerprint density at radius 1 is 1.00 bits per heavy atom. The maximum atomic E-state index is 12.4. The molecule has 0 aliphatic heterocycles. The van der Waals surface area contributed by atoms with E-state index in [0.29, 0.717) is 11.3 Å². The number of rotatable bonds is 5. The molecule has 2 aromatic rings. The van der Waals surface area contributed by atoms with Gasteiger partial charge >= 0.3 is 0 Å². The zero-order valence-electron chi connectivity index (χ0n) is 13.3. The molecule has 1 amide bonds. The van der Waals surface area contributed by atoms with Crippen LogP contribution in [0.5, 0.6) is 0 Å². The Kier molecular flexibility index (Phi) is 5.05. The van der Waals surface area contributed by atoms with Crippen LogP contribution < -0.4 is 10.0 Å². The van der Waals surface area contributed by atoms with E-state index in [2.05, 4.69) is 10.0 Å². The molecule has 0 aliphatic carbocycles. The van der Waals surface area contributed by atoms with Crippen LogP contribution in [0.3, 0.4) is 0 Å². The van der Waals surface area contributed by atoms with Crippen molar-refractivity contribution in [3.05, 3.63) is 59.7 Å². The highest BCUT2D eigenvalue weighted by atomic mass is 32.2. The molecule has 0 spiro atoms. The van der Waals surface area contributed by atoms with Gasteiger partial charge in [-0.15, -0.1) is 0 Å². The molecule has 0 saturated carbocycles. The Labute approximate surface area is 136 Å². The van der Waals surface area contributed by atoms with Gasteiger partial charge in [0.2, 0.25) is 0 Å². The number of nitrogens with one attached hydrogen (secondary N) is 2. The molecular formula is C17H20N2O3S. The molecule has 0 fully saturated rings. The molecule has 0 bridgehead atoms.